The molecule has 2 spiro atoms. The molecule has 94 heavy (non-hydrogen) atoms. The smallest absolute Gasteiger partial charge is 0.0726 e. The minimum Gasteiger partial charge on any atom is -0.341 e. The van der Waals surface area contributed by atoms with Gasteiger partial charge in [0, 0.05) is 24.1 Å². The van der Waals surface area contributed by atoms with Crippen LogP contribution in [0, 0.1) is 0 Å². The van der Waals surface area contributed by atoms with Gasteiger partial charge in [0.05, 0.1) is 56.3 Å². The molecule has 0 unspecified atom stereocenters. The Balaban J connectivity index is 0.000000261. The van der Waals surface area contributed by atoms with E-state index in [-0.39, 0.29) is 5.41 Å². The Morgan fingerprint density at radius 2 is 0.574 bits per heavy atom. The Morgan fingerprint density at radius 3 is 0.979 bits per heavy atom. The van der Waals surface area contributed by atoms with Gasteiger partial charge in [-0.05, 0) is 204 Å². The fourth-order valence-electron chi connectivity index (χ4n) is 16.8. The minimum absolute atomic E-state index is 0.384. The van der Waals surface area contributed by atoms with Gasteiger partial charge < -0.3 is 19.6 Å². The molecule has 0 saturated carbocycles. The standard InChI is InChI=1S/C71H48N2.C19H16N2/c1-3-20-67-66(4-2)73(69-34-19-18-33-68(69)72(67)48-21-6-5-7-22-48)49-39-42-57-56-41-38-47(44-64(56)71(65(57)45-49)61-31-16-10-25-52(61)53-26-11-17-32-62(53)71)36-35-46-37-40-55-54-27-12-15-30-60(54)70(63(55)43-46)58-28-13-8-23-50(58)51-24-9-14-29-59(51)70;1-20-16-11-5-7-13-18(16)21(15-9-3-2-4-10-15)19-14-8-6-12-17(19)20/h3-45H,2H2,1H3;2-14H,1H3/b20-3-,36-35+;. The topological polar surface area (TPSA) is 13.0 Å². The highest BCUT2D eigenvalue weighted by Gasteiger charge is 2.53. The first-order valence-electron chi connectivity index (χ1n) is 32.6. The molecule has 0 saturated heterocycles. The van der Waals surface area contributed by atoms with Crippen molar-refractivity contribution in [2.24, 2.45) is 0 Å². The van der Waals surface area contributed by atoms with Crippen molar-refractivity contribution in [3.8, 4) is 44.5 Å². The first kappa shape index (κ1) is 54.9. The van der Waals surface area contributed by atoms with Gasteiger partial charge in [0.15, 0.2) is 0 Å². The molecule has 13 aromatic rings. The van der Waals surface area contributed by atoms with Gasteiger partial charge in [0.25, 0.3) is 0 Å². The van der Waals surface area contributed by atoms with Crippen molar-refractivity contribution in [1.29, 1.82) is 0 Å². The molecule has 0 amide bonds. The zero-order valence-electron chi connectivity index (χ0n) is 52.3. The molecule has 444 valence electrons. The highest BCUT2D eigenvalue weighted by Crippen LogP contribution is 2.66. The number of hydrogen-bond acceptors (Lipinski definition) is 4. The van der Waals surface area contributed by atoms with Crippen LogP contribution in [0.1, 0.15) is 62.6 Å². The third-order valence-electron chi connectivity index (χ3n) is 20.5. The van der Waals surface area contributed by atoms with Gasteiger partial charge in [0.1, 0.15) is 0 Å². The molecular formula is C90H64N4. The van der Waals surface area contributed by atoms with Gasteiger partial charge in [-0.3, -0.25) is 0 Å². The maximum absolute atomic E-state index is 4.47. The lowest BCUT2D eigenvalue weighted by Gasteiger charge is -2.41. The Kier molecular flexibility index (Phi) is 12.6. The normalized spacial score (nSPS) is 14.7. The Hall–Kier alpha value is -12.0. The third-order valence-corrected chi connectivity index (χ3v) is 20.5. The number of hydrogen-bond donors (Lipinski definition) is 0. The number of rotatable bonds is 7. The number of para-hydroxylation sites is 8. The predicted molar refractivity (Wildman–Crippen MR) is 393 cm³/mol. The van der Waals surface area contributed by atoms with E-state index in [0.29, 0.717) is 0 Å². The second kappa shape index (κ2) is 21.6. The molecule has 13 aromatic carbocycles. The highest BCUT2D eigenvalue weighted by atomic mass is 15.3. The lowest BCUT2D eigenvalue weighted by Crippen LogP contribution is -2.31. The first-order valence-corrected chi connectivity index (χ1v) is 32.6. The monoisotopic (exact) mass is 1200 g/mol. The van der Waals surface area contributed by atoms with Crippen molar-refractivity contribution in [3.63, 3.8) is 0 Å². The molecule has 0 atom stereocenters. The van der Waals surface area contributed by atoms with Gasteiger partial charge in [-0.15, -0.1) is 0 Å². The number of anilines is 9. The van der Waals surface area contributed by atoms with Crippen LogP contribution in [0.25, 0.3) is 56.7 Å². The minimum atomic E-state index is -0.553. The highest BCUT2D eigenvalue weighted by molar-refractivity contribution is 6.01. The summed E-state index contributed by atoms with van der Waals surface area (Å²) in [6.45, 7) is 6.56. The Morgan fingerprint density at radius 1 is 0.266 bits per heavy atom. The van der Waals surface area contributed by atoms with Gasteiger partial charge >= 0.3 is 0 Å². The molecular weight excluding hydrogens is 1140 g/mol. The lowest BCUT2D eigenvalue weighted by molar-refractivity contribution is 0.793. The Bertz CT molecular complexity index is 5200. The average Bonchev–Trinajstić information content (AvgIpc) is 1.53. The van der Waals surface area contributed by atoms with Crippen molar-refractivity contribution in [2.75, 3.05) is 26.6 Å². The van der Waals surface area contributed by atoms with Crippen molar-refractivity contribution >= 4 is 63.3 Å². The summed E-state index contributed by atoms with van der Waals surface area (Å²) in [5.41, 5.74) is 35.0. The molecule has 4 heteroatoms. The Labute approximate surface area is 550 Å². The molecule has 0 aromatic heterocycles. The summed E-state index contributed by atoms with van der Waals surface area (Å²) in [6, 6.07) is 114. The molecule has 4 aliphatic carbocycles. The van der Waals surface area contributed by atoms with Crippen molar-refractivity contribution in [3.05, 3.63) is 401 Å². The van der Waals surface area contributed by atoms with E-state index >= 15 is 0 Å². The zero-order chi connectivity index (χ0) is 62.7. The first-order chi connectivity index (χ1) is 46.5. The average molecular weight is 1200 g/mol. The molecule has 0 radical (unpaired) electrons. The summed E-state index contributed by atoms with van der Waals surface area (Å²) < 4.78 is 0. The van der Waals surface area contributed by atoms with E-state index in [0.717, 1.165) is 34.1 Å². The molecule has 4 nitrogen and oxygen atoms in total. The van der Waals surface area contributed by atoms with Crippen molar-refractivity contribution < 1.29 is 0 Å². The van der Waals surface area contributed by atoms with Crippen LogP contribution in [0.4, 0.5) is 51.2 Å². The fourth-order valence-corrected chi connectivity index (χ4v) is 16.8. The SMILES string of the molecule is C=CC1=C(/C=C\C)N(c2ccccc2)c2ccccc2N1c1ccc2c(c1)C1(c3ccccc3-c3ccccc31)c1cc(/C=C/c3ccc4c(c3)C3(c5ccccc5-c5ccccc53)c3ccccc3-4)ccc1-2.CN1c2ccccc2N(c2ccccc2)c2ccccc21. The zero-order valence-corrected chi connectivity index (χ0v) is 52.3. The van der Waals surface area contributed by atoms with Crippen LogP contribution in [-0.2, 0) is 10.8 Å². The molecule has 0 bridgehead atoms. The third kappa shape index (κ3) is 7.80. The van der Waals surface area contributed by atoms with E-state index < -0.39 is 5.41 Å². The fraction of sp³-hybridized carbons (Fsp3) is 0.0444. The lowest BCUT2D eigenvalue weighted by atomic mass is 9.70. The van der Waals surface area contributed by atoms with Crippen LogP contribution < -0.4 is 19.6 Å². The molecule has 2 heterocycles. The molecule has 6 aliphatic rings. The van der Waals surface area contributed by atoms with E-state index in [4.69, 9.17) is 0 Å². The van der Waals surface area contributed by atoms with Gasteiger partial charge in [0.2, 0.25) is 0 Å². The van der Waals surface area contributed by atoms with Crippen molar-refractivity contribution in [2.45, 2.75) is 17.8 Å². The van der Waals surface area contributed by atoms with E-state index in [2.05, 4.69) is 374 Å². The summed E-state index contributed by atoms with van der Waals surface area (Å²) in [6.07, 6.45) is 11.0. The van der Waals surface area contributed by atoms with E-state index in [1.165, 1.54) is 129 Å². The quantitative estimate of drug-likeness (QED) is 0.147. The summed E-state index contributed by atoms with van der Waals surface area (Å²) in [7, 11) is 2.12. The van der Waals surface area contributed by atoms with Crippen molar-refractivity contribution in [1.82, 2.24) is 0 Å². The van der Waals surface area contributed by atoms with Crippen LogP contribution in [-0.4, -0.2) is 7.05 Å². The van der Waals surface area contributed by atoms with Gasteiger partial charge in [-0.1, -0.05) is 249 Å². The second-order valence-electron chi connectivity index (χ2n) is 25.1. The molecule has 0 N–H and O–H groups in total. The number of benzene rings is 13. The van der Waals surface area contributed by atoms with Crippen LogP contribution >= 0.6 is 0 Å². The maximum Gasteiger partial charge on any atom is 0.0726 e. The second-order valence-corrected chi connectivity index (χ2v) is 25.1. The van der Waals surface area contributed by atoms with E-state index in [1.54, 1.807) is 0 Å². The van der Waals surface area contributed by atoms with Crippen LogP contribution in [0.3, 0.4) is 0 Å². The number of fused-ring (bicyclic) bond motifs is 23. The molecule has 0 fully saturated rings. The van der Waals surface area contributed by atoms with Crippen LogP contribution in [0.2, 0.25) is 0 Å². The predicted octanol–water partition coefficient (Wildman–Crippen LogP) is 23.0. The summed E-state index contributed by atoms with van der Waals surface area (Å²) in [4.78, 5) is 9.35. The van der Waals surface area contributed by atoms with Crippen LogP contribution in [0.5, 0.6) is 0 Å². The van der Waals surface area contributed by atoms with Gasteiger partial charge in [-0.2, -0.15) is 0 Å². The number of nitrogens with zero attached hydrogens (tertiary/aromatic N) is 4. The van der Waals surface area contributed by atoms with Crippen LogP contribution in [0.15, 0.2) is 346 Å². The summed E-state index contributed by atoms with van der Waals surface area (Å²) in [5, 5.41) is 0. The summed E-state index contributed by atoms with van der Waals surface area (Å²) >= 11 is 0. The van der Waals surface area contributed by atoms with E-state index in [9.17, 15) is 0 Å². The maximum atomic E-state index is 4.47. The number of allylic oxidation sites excluding steroid dienone is 3. The largest absolute Gasteiger partial charge is 0.341 e. The summed E-state index contributed by atoms with van der Waals surface area (Å²) in [5.74, 6) is 0. The molecule has 2 aliphatic heterocycles. The molecule has 19 rings (SSSR count). The van der Waals surface area contributed by atoms with E-state index in [1.807, 2.05) is 6.08 Å². The van der Waals surface area contributed by atoms with Gasteiger partial charge in [-0.25, -0.2) is 0 Å².